The van der Waals surface area contributed by atoms with Gasteiger partial charge in [0.25, 0.3) is 0 Å². The molecule has 0 N–H and O–H groups in total. The van der Waals surface area contributed by atoms with Gasteiger partial charge in [-0.2, -0.15) is 0 Å². The van der Waals surface area contributed by atoms with Crippen LogP contribution in [0, 0.1) is 5.92 Å². The second-order valence-electron chi connectivity index (χ2n) is 10.9. The fraction of sp³-hybridized carbons (Fsp3) is 0.424. The Balaban J connectivity index is 1.22. The van der Waals surface area contributed by atoms with Gasteiger partial charge in [-0.25, -0.2) is 8.42 Å². The number of carbonyl (C=O) groups is 1. The van der Waals surface area contributed by atoms with Crippen LogP contribution in [-0.2, 0) is 45.1 Å². The van der Waals surface area contributed by atoms with E-state index in [2.05, 4.69) is 54.6 Å². The molecule has 0 heterocycles. The van der Waals surface area contributed by atoms with Crippen LogP contribution in [0.5, 0.6) is 5.75 Å². The van der Waals surface area contributed by atoms with Gasteiger partial charge in [-0.1, -0.05) is 48.5 Å². The van der Waals surface area contributed by atoms with Gasteiger partial charge in [0.05, 0.1) is 24.9 Å². The van der Waals surface area contributed by atoms with E-state index in [4.69, 9.17) is 9.47 Å². The molecule has 1 fully saturated rings. The Hall–Kier alpha value is -3.12. The summed E-state index contributed by atoms with van der Waals surface area (Å²) in [7, 11) is -2.96. The minimum Gasteiger partial charge on any atom is -0.494 e. The summed E-state index contributed by atoms with van der Waals surface area (Å²) in [6, 6.07) is 22.0. The summed E-state index contributed by atoms with van der Waals surface area (Å²) < 4.78 is 33.8. The summed E-state index contributed by atoms with van der Waals surface area (Å²) in [6.45, 7) is 2.70. The third kappa shape index (κ3) is 7.10. The van der Waals surface area contributed by atoms with Crippen molar-refractivity contribution in [3.63, 3.8) is 0 Å². The summed E-state index contributed by atoms with van der Waals surface area (Å²) in [6.07, 6.45) is 7.76. The van der Waals surface area contributed by atoms with E-state index in [-0.39, 0.29) is 17.6 Å². The maximum Gasteiger partial charge on any atom is 0.309 e. The zero-order valence-corrected chi connectivity index (χ0v) is 23.8. The highest BCUT2D eigenvalue weighted by molar-refractivity contribution is 7.90. The Morgan fingerprint density at radius 3 is 2.41 bits per heavy atom. The van der Waals surface area contributed by atoms with Crippen molar-refractivity contribution in [3.05, 3.63) is 88.5 Å². The van der Waals surface area contributed by atoms with Crippen molar-refractivity contribution in [2.24, 2.45) is 5.92 Å². The summed E-state index contributed by atoms with van der Waals surface area (Å²) in [5.74, 6) is 1.23. The number of fused-ring (bicyclic) bond motifs is 3. The molecular formula is C33H38O5S. The average Bonchev–Trinajstić information content (AvgIpc) is 3.73. The average molecular weight is 547 g/mol. The van der Waals surface area contributed by atoms with Crippen molar-refractivity contribution in [2.75, 3.05) is 25.2 Å². The maximum absolute atomic E-state index is 12.0. The van der Waals surface area contributed by atoms with Crippen LogP contribution in [0.3, 0.4) is 0 Å². The molecule has 3 aromatic rings. The Morgan fingerprint density at radius 2 is 1.64 bits per heavy atom. The zero-order chi connectivity index (χ0) is 27.4. The van der Waals surface area contributed by atoms with E-state index < -0.39 is 9.84 Å². The van der Waals surface area contributed by atoms with Crippen molar-refractivity contribution in [1.82, 2.24) is 0 Å². The van der Waals surface area contributed by atoms with Crippen LogP contribution in [-0.4, -0.2) is 39.6 Å². The largest absolute Gasteiger partial charge is 0.494 e. The highest BCUT2D eigenvalue weighted by Crippen LogP contribution is 2.48. The number of benzene rings is 3. The second kappa shape index (κ2) is 12.0. The molecule has 2 aliphatic carbocycles. The molecule has 1 saturated carbocycles. The summed E-state index contributed by atoms with van der Waals surface area (Å²) >= 11 is 0. The second-order valence-corrected chi connectivity index (χ2v) is 13.2. The van der Waals surface area contributed by atoms with Crippen LogP contribution in [0.4, 0.5) is 0 Å². The zero-order valence-electron chi connectivity index (χ0n) is 22.9. The van der Waals surface area contributed by atoms with E-state index in [9.17, 15) is 13.2 Å². The van der Waals surface area contributed by atoms with E-state index in [1.165, 1.54) is 45.2 Å². The lowest BCUT2D eigenvalue weighted by molar-refractivity contribution is -0.144. The van der Waals surface area contributed by atoms with E-state index in [1.807, 2.05) is 13.0 Å². The van der Waals surface area contributed by atoms with Gasteiger partial charge in [-0.15, -0.1) is 0 Å². The van der Waals surface area contributed by atoms with Crippen molar-refractivity contribution in [2.45, 2.75) is 57.8 Å². The van der Waals surface area contributed by atoms with E-state index in [0.29, 0.717) is 25.6 Å². The number of hydrogen-bond donors (Lipinski definition) is 0. The number of carbonyl (C=O) groups excluding carboxylic acids is 1. The minimum absolute atomic E-state index is 0.0285. The van der Waals surface area contributed by atoms with E-state index in [0.717, 1.165) is 44.3 Å². The lowest BCUT2D eigenvalue weighted by Crippen LogP contribution is -2.08. The first kappa shape index (κ1) is 27.4. The Labute approximate surface area is 232 Å². The van der Waals surface area contributed by atoms with Gasteiger partial charge >= 0.3 is 5.97 Å². The Bertz CT molecular complexity index is 1420. The number of rotatable bonds is 11. The molecule has 0 saturated heterocycles. The van der Waals surface area contributed by atoms with Gasteiger partial charge in [0.2, 0.25) is 0 Å². The molecule has 5 rings (SSSR count). The smallest absolute Gasteiger partial charge is 0.309 e. The predicted octanol–water partition coefficient (Wildman–Crippen LogP) is 6.11. The molecule has 206 valence electrons. The highest BCUT2D eigenvalue weighted by atomic mass is 32.2. The van der Waals surface area contributed by atoms with E-state index >= 15 is 0 Å². The SMILES string of the molecule is CCOC(=O)[C@H]1C[C@@H]1c1ccc(CCc2ccc3c(c2)-c2ccc(OCCCS(C)(=O)=O)cc2CCC3)cc1. The molecule has 6 heteroatoms. The number of ether oxygens (including phenoxy) is 2. The number of sulfone groups is 1. The van der Waals surface area contributed by atoms with Crippen molar-refractivity contribution in [1.29, 1.82) is 0 Å². The van der Waals surface area contributed by atoms with Gasteiger partial charge < -0.3 is 9.47 Å². The van der Waals surface area contributed by atoms with Gasteiger partial charge in [-0.05, 0) is 109 Å². The fourth-order valence-corrected chi connectivity index (χ4v) is 6.29. The van der Waals surface area contributed by atoms with Gasteiger partial charge in [0.1, 0.15) is 15.6 Å². The molecule has 2 atom stereocenters. The molecule has 0 radical (unpaired) electrons. The lowest BCUT2D eigenvalue weighted by atomic mass is 9.93. The number of hydrogen-bond acceptors (Lipinski definition) is 5. The maximum atomic E-state index is 12.0. The minimum atomic E-state index is -2.96. The predicted molar refractivity (Wildman–Crippen MR) is 155 cm³/mol. The molecular weight excluding hydrogens is 508 g/mol. The third-order valence-electron chi connectivity index (χ3n) is 7.85. The molecule has 5 nitrogen and oxygen atoms in total. The van der Waals surface area contributed by atoms with Gasteiger partial charge in [-0.3, -0.25) is 4.79 Å². The molecule has 39 heavy (non-hydrogen) atoms. The monoisotopic (exact) mass is 546 g/mol. The molecule has 0 unspecified atom stereocenters. The third-order valence-corrected chi connectivity index (χ3v) is 8.88. The van der Waals surface area contributed by atoms with Crippen LogP contribution in [0.15, 0.2) is 60.7 Å². The summed E-state index contributed by atoms with van der Waals surface area (Å²) in [4.78, 5) is 12.0. The van der Waals surface area contributed by atoms with Gasteiger partial charge in [0.15, 0.2) is 0 Å². The van der Waals surface area contributed by atoms with Crippen LogP contribution in [0.2, 0.25) is 0 Å². The van der Waals surface area contributed by atoms with Crippen LogP contribution >= 0.6 is 0 Å². The van der Waals surface area contributed by atoms with Crippen LogP contribution in [0.25, 0.3) is 11.1 Å². The normalized spacial score (nSPS) is 18.0. The molecule has 0 spiro atoms. The molecule has 3 aromatic carbocycles. The highest BCUT2D eigenvalue weighted by Gasteiger charge is 2.45. The van der Waals surface area contributed by atoms with Crippen molar-refractivity contribution < 1.29 is 22.7 Å². The van der Waals surface area contributed by atoms with Crippen molar-refractivity contribution in [3.8, 4) is 16.9 Å². The Kier molecular flexibility index (Phi) is 8.41. The molecule has 2 aliphatic rings. The quantitative estimate of drug-likeness (QED) is 0.214. The van der Waals surface area contributed by atoms with Crippen molar-refractivity contribution >= 4 is 15.8 Å². The first-order valence-electron chi connectivity index (χ1n) is 14.1. The molecule has 0 aliphatic heterocycles. The van der Waals surface area contributed by atoms with Crippen LogP contribution < -0.4 is 4.74 Å². The topological polar surface area (TPSA) is 69.7 Å². The molecule has 0 aromatic heterocycles. The lowest BCUT2D eigenvalue weighted by Gasteiger charge is -2.14. The molecule has 0 amide bonds. The first-order chi connectivity index (χ1) is 18.8. The fourth-order valence-electron chi connectivity index (χ4n) is 5.65. The molecule has 0 bridgehead atoms. The first-order valence-corrected chi connectivity index (χ1v) is 16.2. The standard InChI is InChI=1S/C33H38O5S/c1-3-37-33(34)32-22-31(32)26-13-10-23(11-14-26)8-9-24-12-15-25-6-4-7-27-21-28(16-17-29(27)30(25)20-24)38-18-5-19-39(2,35)36/h10-17,20-21,31-32H,3-9,18-19,22H2,1-2H3/t31-,32+/m1/s1. The van der Waals surface area contributed by atoms with Gasteiger partial charge in [0, 0.05) is 6.26 Å². The summed E-state index contributed by atoms with van der Waals surface area (Å²) in [5.41, 5.74) is 9.15. The van der Waals surface area contributed by atoms with E-state index in [1.54, 1.807) is 0 Å². The summed E-state index contributed by atoms with van der Waals surface area (Å²) in [5, 5.41) is 0. The van der Waals surface area contributed by atoms with Crippen LogP contribution in [0.1, 0.15) is 59.9 Å². The number of esters is 1. The number of aryl methyl sites for hydroxylation is 4. The Morgan fingerprint density at radius 1 is 0.897 bits per heavy atom.